The maximum atomic E-state index is 12.4. The molecule has 0 unspecified atom stereocenters. The molecule has 7 heteroatoms. The number of anilines is 1. The highest BCUT2D eigenvalue weighted by atomic mass is 32.1. The van der Waals surface area contributed by atoms with Crippen LogP contribution in [0.25, 0.3) is 0 Å². The molecule has 136 valence electrons. The molecule has 0 aliphatic heterocycles. The zero-order valence-electron chi connectivity index (χ0n) is 14.3. The van der Waals surface area contributed by atoms with Crippen molar-refractivity contribution in [2.24, 2.45) is 5.73 Å². The summed E-state index contributed by atoms with van der Waals surface area (Å²) >= 11 is 1.35. The molecule has 0 saturated heterocycles. The monoisotopic (exact) mass is 379 g/mol. The summed E-state index contributed by atoms with van der Waals surface area (Å²) in [5.41, 5.74) is 7.38. The minimum Gasteiger partial charge on any atom is -0.366 e. The van der Waals surface area contributed by atoms with Crippen molar-refractivity contribution in [3.05, 3.63) is 87.6 Å². The van der Waals surface area contributed by atoms with E-state index in [2.05, 4.69) is 10.6 Å². The number of thiophene rings is 1. The average Bonchev–Trinajstić information content (AvgIpc) is 3.21. The van der Waals surface area contributed by atoms with E-state index in [9.17, 15) is 14.4 Å². The fourth-order valence-corrected chi connectivity index (χ4v) is 3.08. The van der Waals surface area contributed by atoms with Gasteiger partial charge in [-0.15, -0.1) is 11.3 Å². The number of nitrogens with two attached hydrogens (primary N) is 1. The highest BCUT2D eigenvalue weighted by molar-refractivity contribution is 7.12. The summed E-state index contributed by atoms with van der Waals surface area (Å²) in [5, 5.41) is 7.39. The zero-order valence-corrected chi connectivity index (χ0v) is 15.1. The van der Waals surface area contributed by atoms with Crippen LogP contribution in [0, 0.1) is 0 Å². The molecule has 3 rings (SSSR count). The third-order valence-electron chi connectivity index (χ3n) is 3.79. The van der Waals surface area contributed by atoms with Crippen LogP contribution in [0.1, 0.15) is 36.0 Å². The summed E-state index contributed by atoms with van der Waals surface area (Å²) in [6, 6.07) is 17.0. The number of primary amides is 1. The van der Waals surface area contributed by atoms with Crippen LogP contribution in [0.5, 0.6) is 0 Å². The number of carbonyl (C=O) groups is 3. The minimum absolute atomic E-state index is 0.217. The third kappa shape index (κ3) is 4.80. The Kier molecular flexibility index (Phi) is 5.63. The van der Waals surface area contributed by atoms with Gasteiger partial charge in [-0.2, -0.15) is 0 Å². The summed E-state index contributed by atoms with van der Waals surface area (Å²) in [7, 11) is 0. The second-order valence-corrected chi connectivity index (χ2v) is 6.71. The zero-order chi connectivity index (χ0) is 19.2. The van der Waals surface area contributed by atoms with Crippen molar-refractivity contribution in [1.29, 1.82) is 0 Å². The maximum Gasteiger partial charge on any atom is 0.265 e. The summed E-state index contributed by atoms with van der Waals surface area (Å²) in [5.74, 6) is -1.02. The van der Waals surface area contributed by atoms with Gasteiger partial charge >= 0.3 is 0 Å². The second-order valence-electron chi connectivity index (χ2n) is 5.76. The number of nitrogens with one attached hydrogen (secondary N) is 2. The Hall–Kier alpha value is -3.45. The lowest BCUT2D eigenvalue weighted by Gasteiger charge is -2.08. The van der Waals surface area contributed by atoms with Crippen molar-refractivity contribution in [3.8, 4) is 0 Å². The van der Waals surface area contributed by atoms with Gasteiger partial charge in [0.15, 0.2) is 0 Å². The molecule has 0 bridgehead atoms. The van der Waals surface area contributed by atoms with Gasteiger partial charge in [0.1, 0.15) is 0 Å². The van der Waals surface area contributed by atoms with Gasteiger partial charge in [0.05, 0.1) is 4.88 Å². The van der Waals surface area contributed by atoms with Crippen molar-refractivity contribution in [2.75, 3.05) is 5.32 Å². The topological polar surface area (TPSA) is 101 Å². The van der Waals surface area contributed by atoms with E-state index in [1.165, 1.54) is 11.3 Å². The molecule has 1 aromatic heterocycles. The highest BCUT2D eigenvalue weighted by Crippen LogP contribution is 2.15. The van der Waals surface area contributed by atoms with Crippen LogP contribution in [-0.4, -0.2) is 17.7 Å². The van der Waals surface area contributed by atoms with E-state index in [1.54, 1.807) is 60.7 Å². The van der Waals surface area contributed by atoms with Gasteiger partial charge in [-0.05, 0) is 47.3 Å². The fourth-order valence-electron chi connectivity index (χ4n) is 2.46. The predicted molar refractivity (Wildman–Crippen MR) is 105 cm³/mol. The molecular formula is C20H17N3O3S. The van der Waals surface area contributed by atoms with E-state index in [0.29, 0.717) is 21.7 Å². The van der Waals surface area contributed by atoms with Crippen molar-refractivity contribution >= 4 is 34.7 Å². The first-order valence-corrected chi connectivity index (χ1v) is 9.03. The Labute approximate surface area is 160 Å². The number of amides is 3. The molecule has 2 aromatic carbocycles. The standard InChI is InChI=1S/C20H17N3O3S/c21-18(24)14-5-1-4-13(10-14)12-22-19(25)15-6-2-7-16(11-15)23-20(26)17-8-3-9-27-17/h1-11H,12H2,(H2,21,24)(H,22,25)(H,23,26). The summed E-state index contributed by atoms with van der Waals surface area (Å²) in [4.78, 5) is 36.3. The number of hydrogen-bond acceptors (Lipinski definition) is 4. The Morgan fingerprint density at radius 2 is 1.67 bits per heavy atom. The van der Waals surface area contributed by atoms with E-state index in [-0.39, 0.29) is 18.4 Å². The first-order valence-electron chi connectivity index (χ1n) is 8.15. The van der Waals surface area contributed by atoms with E-state index in [1.807, 2.05) is 5.38 Å². The highest BCUT2D eigenvalue weighted by Gasteiger charge is 2.10. The minimum atomic E-state index is -0.516. The fraction of sp³-hybridized carbons (Fsp3) is 0.0500. The number of hydrogen-bond donors (Lipinski definition) is 3. The van der Waals surface area contributed by atoms with E-state index in [4.69, 9.17) is 5.73 Å². The van der Waals surface area contributed by atoms with Crippen LogP contribution in [0.2, 0.25) is 0 Å². The van der Waals surface area contributed by atoms with Crippen LogP contribution < -0.4 is 16.4 Å². The lowest BCUT2D eigenvalue weighted by atomic mass is 10.1. The van der Waals surface area contributed by atoms with Crippen LogP contribution in [0.15, 0.2) is 66.0 Å². The number of benzene rings is 2. The molecule has 4 N–H and O–H groups in total. The molecule has 6 nitrogen and oxygen atoms in total. The summed E-state index contributed by atoms with van der Waals surface area (Å²) in [6.07, 6.45) is 0. The number of rotatable bonds is 6. The Balaban J connectivity index is 1.64. The molecule has 3 amide bonds. The van der Waals surface area contributed by atoms with Gasteiger partial charge in [-0.3, -0.25) is 14.4 Å². The van der Waals surface area contributed by atoms with Crippen molar-refractivity contribution in [3.63, 3.8) is 0 Å². The summed E-state index contributed by atoms with van der Waals surface area (Å²) in [6.45, 7) is 0.256. The quantitative estimate of drug-likeness (QED) is 0.613. The molecule has 0 spiro atoms. The van der Waals surface area contributed by atoms with Gasteiger partial charge in [-0.25, -0.2) is 0 Å². The van der Waals surface area contributed by atoms with Gasteiger partial charge in [0, 0.05) is 23.4 Å². The van der Waals surface area contributed by atoms with Crippen molar-refractivity contribution in [2.45, 2.75) is 6.54 Å². The molecule has 3 aromatic rings. The SMILES string of the molecule is NC(=O)c1cccc(CNC(=O)c2cccc(NC(=O)c3cccs3)c2)c1. The van der Waals surface area contributed by atoms with E-state index >= 15 is 0 Å². The molecule has 0 radical (unpaired) electrons. The van der Waals surface area contributed by atoms with E-state index < -0.39 is 5.91 Å². The van der Waals surface area contributed by atoms with Crippen LogP contribution in [0.4, 0.5) is 5.69 Å². The smallest absolute Gasteiger partial charge is 0.265 e. The molecule has 0 saturated carbocycles. The average molecular weight is 379 g/mol. The van der Waals surface area contributed by atoms with Gasteiger partial charge in [0.2, 0.25) is 5.91 Å². The van der Waals surface area contributed by atoms with Crippen molar-refractivity contribution < 1.29 is 14.4 Å². The van der Waals surface area contributed by atoms with Crippen LogP contribution in [0.3, 0.4) is 0 Å². The van der Waals surface area contributed by atoms with Crippen LogP contribution >= 0.6 is 11.3 Å². The Bertz CT molecular complexity index is 984. The first-order chi connectivity index (χ1) is 13.0. The lowest BCUT2D eigenvalue weighted by Crippen LogP contribution is -2.23. The first kappa shape index (κ1) is 18.3. The molecule has 27 heavy (non-hydrogen) atoms. The lowest BCUT2D eigenvalue weighted by molar-refractivity contribution is 0.0949. The normalized spacial score (nSPS) is 10.2. The van der Waals surface area contributed by atoms with Crippen LogP contribution in [-0.2, 0) is 6.54 Å². The van der Waals surface area contributed by atoms with E-state index in [0.717, 1.165) is 5.56 Å². The molecule has 0 atom stereocenters. The van der Waals surface area contributed by atoms with Gasteiger partial charge in [-0.1, -0.05) is 24.3 Å². The molecular weight excluding hydrogens is 362 g/mol. The molecule has 0 fully saturated rings. The summed E-state index contributed by atoms with van der Waals surface area (Å²) < 4.78 is 0. The predicted octanol–water partition coefficient (Wildman–Crippen LogP) is 3.03. The number of carbonyl (C=O) groups excluding carboxylic acids is 3. The third-order valence-corrected chi connectivity index (χ3v) is 4.66. The second kappa shape index (κ2) is 8.29. The Morgan fingerprint density at radius 3 is 2.41 bits per heavy atom. The maximum absolute atomic E-state index is 12.4. The largest absolute Gasteiger partial charge is 0.366 e. The Morgan fingerprint density at radius 1 is 0.889 bits per heavy atom. The van der Waals surface area contributed by atoms with Crippen molar-refractivity contribution in [1.82, 2.24) is 5.32 Å². The molecule has 0 aliphatic carbocycles. The van der Waals surface area contributed by atoms with Gasteiger partial charge < -0.3 is 16.4 Å². The van der Waals surface area contributed by atoms with Gasteiger partial charge in [0.25, 0.3) is 11.8 Å². The molecule has 0 aliphatic rings. The molecule has 1 heterocycles.